The van der Waals surface area contributed by atoms with E-state index in [9.17, 15) is 8.42 Å². The van der Waals surface area contributed by atoms with Crippen LogP contribution in [0.5, 0.6) is 0 Å². The third-order valence-electron chi connectivity index (χ3n) is 3.97. The molecule has 1 aliphatic rings. The zero-order valence-electron chi connectivity index (χ0n) is 13.4. The minimum Gasteiger partial charge on any atom is -0.290 e. The van der Waals surface area contributed by atoms with E-state index < -0.39 is 10.0 Å². The summed E-state index contributed by atoms with van der Waals surface area (Å²) in [5.74, 6) is 0. The van der Waals surface area contributed by atoms with Crippen LogP contribution in [0, 0.1) is 6.92 Å². The van der Waals surface area contributed by atoms with E-state index in [0.717, 1.165) is 26.1 Å². The highest BCUT2D eigenvalue weighted by Crippen LogP contribution is 2.26. The van der Waals surface area contributed by atoms with Gasteiger partial charge < -0.3 is 0 Å². The predicted molar refractivity (Wildman–Crippen MR) is 91.9 cm³/mol. The smallest absolute Gasteiger partial charge is 0.208 e. The van der Waals surface area contributed by atoms with Gasteiger partial charge in [0.15, 0.2) is 0 Å². The van der Waals surface area contributed by atoms with E-state index in [1.165, 1.54) is 21.7 Å². The zero-order valence-corrected chi connectivity index (χ0v) is 15.0. The first-order chi connectivity index (χ1) is 10.9. The molecule has 0 saturated heterocycles. The summed E-state index contributed by atoms with van der Waals surface area (Å²) in [6, 6.07) is 6.58. The normalized spacial score (nSPS) is 19.0. The van der Waals surface area contributed by atoms with Crippen LogP contribution in [0.3, 0.4) is 0 Å². The van der Waals surface area contributed by atoms with E-state index in [-0.39, 0.29) is 6.04 Å². The Kier molecular flexibility index (Phi) is 4.86. The van der Waals surface area contributed by atoms with Crippen molar-refractivity contribution in [2.45, 2.75) is 32.5 Å². The van der Waals surface area contributed by atoms with Crippen molar-refractivity contribution in [1.82, 2.24) is 19.4 Å². The molecular formula is C15H22N4O2S2. The quantitative estimate of drug-likeness (QED) is 0.858. The molecule has 1 atom stereocenters. The molecule has 0 aliphatic carbocycles. The number of hydrogen-bond donors (Lipinski definition) is 1. The molecule has 126 valence electrons. The first kappa shape index (κ1) is 16.6. The van der Waals surface area contributed by atoms with E-state index in [4.69, 9.17) is 0 Å². The monoisotopic (exact) mass is 354 g/mol. The molecule has 0 radical (unpaired) electrons. The van der Waals surface area contributed by atoms with E-state index in [2.05, 4.69) is 33.8 Å². The molecule has 0 aromatic carbocycles. The second-order valence-corrected chi connectivity index (χ2v) is 9.26. The molecule has 3 rings (SSSR count). The van der Waals surface area contributed by atoms with Crippen molar-refractivity contribution in [1.29, 1.82) is 0 Å². The molecule has 0 bridgehead atoms. The predicted octanol–water partition coefficient (Wildman–Crippen LogP) is 1.75. The highest BCUT2D eigenvalue weighted by molar-refractivity contribution is 7.88. The fourth-order valence-corrected chi connectivity index (χ4v) is 4.42. The molecule has 2 aromatic heterocycles. The highest BCUT2D eigenvalue weighted by Gasteiger charge is 2.25. The Bertz CT molecular complexity index is 766. The third kappa shape index (κ3) is 4.41. The fourth-order valence-electron chi connectivity index (χ4n) is 3.00. The van der Waals surface area contributed by atoms with E-state index >= 15 is 0 Å². The number of aromatic nitrogens is 2. The number of nitrogens with one attached hydrogen (secondary N) is 1. The van der Waals surface area contributed by atoms with Crippen molar-refractivity contribution in [3.05, 3.63) is 39.8 Å². The molecule has 1 aliphatic heterocycles. The van der Waals surface area contributed by atoms with Crippen molar-refractivity contribution in [3.63, 3.8) is 0 Å². The number of hydrogen-bond acceptors (Lipinski definition) is 5. The molecular weight excluding hydrogens is 332 g/mol. The fraction of sp³-hybridized carbons (Fsp3) is 0.533. The molecule has 1 N–H and O–H groups in total. The molecule has 0 fully saturated rings. The van der Waals surface area contributed by atoms with Gasteiger partial charge in [-0.05, 0) is 31.5 Å². The van der Waals surface area contributed by atoms with Gasteiger partial charge in [-0.25, -0.2) is 13.1 Å². The molecule has 3 heterocycles. The third-order valence-corrected chi connectivity index (χ3v) is 5.68. The lowest BCUT2D eigenvalue weighted by Gasteiger charge is -2.33. The minimum atomic E-state index is -3.14. The van der Waals surface area contributed by atoms with Gasteiger partial charge in [0.1, 0.15) is 0 Å². The first-order valence-electron chi connectivity index (χ1n) is 7.65. The molecule has 2 aromatic rings. The molecule has 23 heavy (non-hydrogen) atoms. The second-order valence-electron chi connectivity index (χ2n) is 6.06. The largest absolute Gasteiger partial charge is 0.290 e. The van der Waals surface area contributed by atoms with Gasteiger partial charge in [0.25, 0.3) is 0 Å². The van der Waals surface area contributed by atoms with E-state index in [1.54, 1.807) is 0 Å². The molecule has 0 saturated carbocycles. The summed E-state index contributed by atoms with van der Waals surface area (Å²) in [5, 5.41) is 4.41. The standard InChI is InChI=1S/C15H22N4O2S2/c1-12-3-4-15(22-12)11-18-9-13-5-7-16-19(13)14(10-18)6-8-17-23(2,20)21/h3-5,7,14,17H,6,8-11H2,1-2H3/t14-/m0/s1. The summed E-state index contributed by atoms with van der Waals surface area (Å²) in [4.78, 5) is 5.10. The number of thiophene rings is 1. The summed E-state index contributed by atoms with van der Waals surface area (Å²) < 4.78 is 27.1. The SMILES string of the molecule is Cc1ccc(CN2Cc3ccnn3[C@@H](CCNS(C)(=O)=O)C2)s1. The minimum absolute atomic E-state index is 0.198. The van der Waals surface area contributed by atoms with Crippen molar-refractivity contribution >= 4 is 21.4 Å². The van der Waals surface area contributed by atoms with Gasteiger partial charge in [-0.15, -0.1) is 11.3 Å². The van der Waals surface area contributed by atoms with Crippen molar-refractivity contribution in [2.24, 2.45) is 0 Å². The van der Waals surface area contributed by atoms with Gasteiger partial charge in [0.2, 0.25) is 10.0 Å². The number of aryl methyl sites for hydroxylation is 1. The maximum absolute atomic E-state index is 11.2. The molecule has 0 spiro atoms. The number of fused-ring (bicyclic) bond motifs is 1. The Balaban J connectivity index is 1.67. The Labute approximate surface area is 141 Å². The Hall–Kier alpha value is -1.22. The van der Waals surface area contributed by atoms with Crippen molar-refractivity contribution in [2.75, 3.05) is 19.3 Å². The summed E-state index contributed by atoms with van der Waals surface area (Å²) in [6.07, 6.45) is 3.76. The Morgan fingerprint density at radius 3 is 2.91 bits per heavy atom. The summed E-state index contributed by atoms with van der Waals surface area (Å²) >= 11 is 1.83. The van der Waals surface area contributed by atoms with Crippen molar-refractivity contribution in [3.8, 4) is 0 Å². The lowest BCUT2D eigenvalue weighted by atomic mass is 10.1. The van der Waals surface area contributed by atoms with Crippen LogP contribution in [-0.2, 0) is 23.1 Å². The molecule has 0 amide bonds. The molecule has 6 nitrogen and oxygen atoms in total. The lowest BCUT2D eigenvalue weighted by molar-refractivity contribution is 0.163. The summed E-state index contributed by atoms with van der Waals surface area (Å²) in [5.41, 5.74) is 1.19. The Morgan fingerprint density at radius 1 is 1.39 bits per heavy atom. The van der Waals surface area contributed by atoms with E-state index in [0.29, 0.717) is 6.54 Å². The topological polar surface area (TPSA) is 67.2 Å². The van der Waals surface area contributed by atoms with Gasteiger partial charge >= 0.3 is 0 Å². The van der Waals surface area contributed by atoms with Crippen LogP contribution < -0.4 is 4.72 Å². The van der Waals surface area contributed by atoms with Crippen LogP contribution in [0.1, 0.15) is 27.9 Å². The lowest BCUT2D eigenvalue weighted by Crippen LogP contribution is -2.38. The van der Waals surface area contributed by atoms with Crippen molar-refractivity contribution < 1.29 is 8.42 Å². The first-order valence-corrected chi connectivity index (χ1v) is 10.4. The van der Waals surface area contributed by atoms with Gasteiger partial charge in [0, 0.05) is 42.1 Å². The average Bonchev–Trinajstić information content (AvgIpc) is 3.06. The van der Waals surface area contributed by atoms with Crippen LogP contribution in [0.25, 0.3) is 0 Å². The second kappa shape index (κ2) is 6.72. The highest BCUT2D eigenvalue weighted by atomic mass is 32.2. The number of rotatable bonds is 6. The zero-order chi connectivity index (χ0) is 16.4. The average molecular weight is 355 g/mol. The van der Waals surface area contributed by atoms with Gasteiger partial charge in [-0.1, -0.05) is 0 Å². The van der Waals surface area contributed by atoms with Gasteiger partial charge in [-0.3, -0.25) is 9.58 Å². The maximum atomic E-state index is 11.2. The van der Waals surface area contributed by atoms with Gasteiger partial charge in [0.05, 0.1) is 18.0 Å². The summed E-state index contributed by atoms with van der Waals surface area (Å²) in [6.45, 7) is 5.26. The Morgan fingerprint density at radius 2 is 2.22 bits per heavy atom. The summed E-state index contributed by atoms with van der Waals surface area (Å²) in [7, 11) is -3.14. The van der Waals surface area contributed by atoms with Crippen LogP contribution in [0.4, 0.5) is 0 Å². The number of nitrogens with zero attached hydrogens (tertiary/aromatic N) is 3. The molecule has 8 heteroatoms. The van der Waals surface area contributed by atoms with Crippen LogP contribution in [0.15, 0.2) is 24.4 Å². The van der Waals surface area contributed by atoms with Crippen LogP contribution in [-0.4, -0.2) is 42.4 Å². The van der Waals surface area contributed by atoms with Crippen LogP contribution >= 0.6 is 11.3 Å². The number of sulfonamides is 1. The molecule has 0 unspecified atom stereocenters. The van der Waals surface area contributed by atoms with Gasteiger partial charge in [-0.2, -0.15) is 5.10 Å². The maximum Gasteiger partial charge on any atom is 0.208 e. The van der Waals surface area contributed by atoms with Crippen LogP contribution in [0.2, 0.25) is 0 Å². The van der Waals surface area contributed by atoms with E-state index in [1.807, 2.05) is 28.3 Å².